The van der Waals surface area contributed by atoms with Crippen molar-refractivity contribution in [3.8, 4) is 0 Å². The van der Waals surface area contributed by atoms with Gasteiger partial charge in [0.15, 0.2) is 4.80 Å². The number of carbonyl (C=O) groups is 1. The predicted molar refractivity (Wildman–Crippen MR) is 129 cm³/mol. The number of aromatic nitrogens is 1. The van der Waals surface area contributed by atoms with Gasteiger partial charge in [-0.15, -0.1) is 0 Å². The second kappa shape index (κ2) is 10.5. The molecule has 34 heavy (non-hydrogen) atoms. The Hall–Kier alpha value is -2.40. The number of rotatable bonds is 7. The fraction of sp³-hybridized carbons (Fsp3) is 0.417. The monoisotopic (exact) mass is 505 g/mol. The quantitative estimate of drug-likeness (QED) is 0.459. The van der Waals surface area contributed by atoms with Crippen molar-refractivity contribution in [2.24, 2.45) is 10.9 Å². The van der Waals surface area contributed by atoms with Crippen LogP contribution >= 0.6 is 11.3 Å². The molecule has 0 N–H and O–H groups in total. The third-order valence-corrected chi connectivity index (χ3v) is 8.83. The van der Waals surface area contributed by atoms with Crippen LogP contribution in [0.5, 0.6) is 0 Å². The molecule has 0 radical (unpaired) electrons. The molecule has 0 bridgehead atoms. The van der Waals surface area contributed by atoms with Crippen molar-refractivity contribution in [1.29, 1.82) is 0 Å². The average Bonchev–Trinajstić information content (AvgIpc) is 3.15. The molecule has 1 aliphatic rings. The largest absolute Gasteiger partial charge is 0.380 e. The number of sulfonamides is 1. The number of hydrogen-bond donors (Lipinski definition) is 0. The first-order chi connectivity index (χ1) is 16.3. The molecule has 0 aliphatic carbocycles. The van der Waals surface area contributed by atoms with E-state index in [-0.39, 0.29) is 23.2 Å². The zero-order valence-electron chi connectivity index (χ0n) is 19.2. The van der Waals surface area contributed by atoms with Crippen LogP contribution < -0.4 is 4.80 Å². The van der Waals surface area contributed by atoms with E-state index in [9.17, 15) is 17.6 Å². The lowest BCUT2D eigenvalue weighted by Crippen LogP contribution is -2.42. The lowest BCUT2D eigenvalue weighted by molar-refractivity contribution is -0.122. The van der Waals surface area contributed by atoms with Crippen molar-refractivity contribution in [2.75, 3.05) is 26.3 Å². The molecule has 1 saturated heterocycles. The Bertz CT molecular complexity index is 1350. The molecular weight excluding hydrogens is 477 g/mol. The van der Waals surface area contributed by atoms with E-state index in [1.165, 1.54) is 27.8 Å². The average molecular weight is 506 g/mol. The van der Waals surface area contributed by atoms with Crippen molar-refractivity contribution in [1.82, 2.24) is 8.87 Å². The Balaban J connectivity index is 1.61. The number of aryl methyl sites for hydroxylation is 1. The van der Waals surface area contributed by atoms with Crippen molar-refractivity contribution < 1.29 is 22.3 Å². The highest BCUT2D eigenvalue weighted by Gasteiger charge is 2.33. The van der Waals surface area contributed by atoms with Crippen LogP contribution in [0.2, 0.25) is 0 Å². The second-order valence-electron chi connectivity index (χ2n) is 8.31. The van der Waals surface area contributed by atoms with Gasteiger partial charge in [-0.1, -0.05) is 29.0 Å². The fourth-order valence-electron chi connectivity index (χ4n) is 4.06. The van der Waals surface area contributed by atoms with Gasteiger partial charge in [0.2, 0.25) is 10.0 Å². The Morgan fingerprint density at radius 1 is 1.24 bits per heavy atom. The Kier molecular flexibility index (Phi) is 7.61. The highest BCUT2D eigenvalue weighted by Crippen LogP contribution is 2.25. The summed E-state index contributed by atoms with van der Waals surface area (Å²) >= 11 is 1.24. The molecule has 7 nitrogen and oxygen atoms in total. The van der Waals surface area contributed by atoms with E-state index in [1.54, 1.807) is 30.3 Å². The number of fused-ring (bicyclic) bond motifs is 1. The number of amides is 1. The minimum atomic E-state index is -3.69. The summed E-state index contributed by atoms with van der Waals surface area (Å²) < 4.78 is 49.4. The predicted octanol–water partition coefficient (Wildman–Crippen LogP) is 3.72. The van der Waals surface area contributed by atoms with Crippen LogP contribution in [-0.4, -0.2) is 49.5 Å². The molecule has 1 unspecified atom stereocenters. The normalized spacial score (nSPS) is 18.0. The van der Waals surface area contributed by atoms with Crippen LogP contribution in [0.25, 0.3) is 10.2 Å². The standard InChI is InChI=1S/C24H28FN3O4S2/c1-3-32-14-13-28-21-11-8-19(25)15-22(21)33-24(28)26-23(29)18-5-4-12-27(16-18)34(30,31)20-9-6-17(2)7-10-20/h6-11,15,18H,3-5,12-14,16H2,1-2H3. The third-order valence-electron chi connectivity index (χ3n) is 5.91. The highest BCUT2D eigenvalue weighted by molar-refractivity contribution is 7.89. The lowest BCUT2D eigenvalue weighted by atomic mass is 9.99. The Labute approximate surface area is 202 Å². The molecule has 0 spiro atoms. The smallest absolute Gasteiger partial charge is 0.252 e. The topological polar surface area (TPSA) is 81.0 Å². The molecular formula is C24H28FN3O4S2. The molecule has 1 aliphatic heterocycles. The SMILES string of the molecule is CCOCCn1c(=NC(=O)C2CCCN(S(=O)(=O)c3ccc(C)cc3)C2)sc2cc(F)ccc21. The number of piperidine rings is 1. The van der Waals surface area contributed by atoms with Crippen LogP contribution in [0.4, 0.5) is 4.39 Å². The maximum atomic E-state index is 13.8. The summed E-state index contributed by atoms with van der Waals surface area (Å²) in [5.74, 6) is -1.25. The number of hydrogen-bond acceptors (Lipinski definition) is 5. The number of ether oxygens (including phenoxy) is 1. The van der Waals surface area contributed by atoms with Gasteiger partial charge in [0.05, 0.1) is 27.6 Å². The first-order valence-corrected chi connectivity index (χ1v) is 13.6. The van der Waals surface area contributed by atoms with Crippen molar-refractivity contribution >= 4 is 37.5 Å². The summed E-state index contributed by atoms with van der Waals surface area (Å²) in [5.41, 5.74) is 1.76. The van der Waals surface area contributed by atoms with Crippen LogP contribution in [0.3, 0.4) is 0 Å². The van der Waals surface area contributed by atoms with Gasteiger partial charge in [-0.25, -0.2) is 12.8 Å². The second-order valence-corrected chi connectivity index (χ2v) is 11.3. The minimum absolute atomic E-state index is 0.0943. The summed E-state index contributed by atoms with van der Waals surface area (Å²) in [4.78, 5) is 18.2. The van der Waals surface area contributed by atoms with Crippen LogP contribution in [0.1, 0.15) is 25.3 Å². The first kappa shape index (κ1) is 24.7. The van der Waals surface area contributed by atoms with Gasteiger partial charge in [0, 0.05) is 26.2 Å². The Morgan fingerprint density at radius 2 is 2.00 bits per heavy atom. The molecule has 1 atom stereocenters. The number of carbonyl (C=O) groups excluding carboxylic acids is 1. The summed E-state index contributed by atoms with van der Waals surface area (Å²) in [7, 11) is -3.69. The maximum absolute atomic E-state index is 13.8. The van der Waals surface area contributed by atoms with Crippen molar-refractivity contribution in [2.45, 2.75) is 38.1 Å². The molecule has 4 rings (SSSR count). The van der Waals surface area contributed by atoms with Gasteiger partial charge < -0.3 is 9.30 Å². The van der Waals surface area contributed by atoms with E-state index in [1.807, 2.05) is 18.4 Å². The summed E-state index contributed by atoms with van der Waals surface area (Å²) in [6.45, 7) is 5.75. The van der Waals surface area contributed by atoms with E-state index < -0.39 is 15.9 Å². The zero-order chi connectivity index (χ0) is 24.3. The van der Waals surface area contributed by atoms with Crippen molar-refractivity contribution in [3.05, 3.63) is 58.6 Å². The van der Waals surface area contributed by atoms with Gasteiger partial charge in [0.25, 0.3) is 5.91 Å². The summed E-state index contributed by atoms with van der Waals surface area (Å²) in [5, 5.41) is 0. The van der Waals surface area contributed by atoms with Gasteiger partial charge in [-0.05, 0) is 57.0 Å². The van der Waals surface area contributed by atoms with Crippen LogP contribution in [0, 0.1) is 18.7 Å². The molecule has 2 aromatic carbocycles. The lowest BCUT2D eigenvalue weighted by Gasteiger charge is -2.30. The van der Waals surface area contributed by atoms with E-state index in [0.29, 0.717) is 48.6 Å². The van der Waals surface area contributed by atoms with E-state index in [2.05, 4.69) is 4.99 Å². The fourth-order valence-corrected chi connectivity index (χ4v) is 6.67. The van der Waals surface area contributed by atoms with Gasteiger partial charge >= 0.3 is 0 Å². The molecule has 3 aromatic rings. The van der Waals surface area contributed by atoms with Gasteiger partial charge in [-0.3, -0.25) is 4.79 Å². The van der Waals surface area contributed by atoms with Gasteiger partial charge in [-0.2, -0.15) is 9.30 Å². The van der Waals surface area contributed by atoms with E-state index in [0.717, 1.165) is 11.1 Å². The number of thiazole rings is 1. The summed E-state index contributed by atoms with van der Waals surface area (Å²) in [6.07, 6.45) is 1.15. The Morgan fingerprint density at radius 3 is 2.74 bits per heavy atom. The van der Waals surface area contributed by atoms with Crippen LogP contribution in [0.15, 0.2) is 52.4 Å². The van der Waals surface area contributed by atoms with Crippen molar-refractivity contribution in [3.63, 3.8) is 0 Å². The van der Waals surface area contributed by atoms with Gasteiger partial charge in [0.1, 0.15) is 5.82 Å². The highest BCUT2D eigenvalue weighted by atomic mass is 32.2. The van der Waals surface area contributed by atoms with Crippen LogP contribution in [-0.2, 0) is 26.1 Å². The zero-order valence-corrected chi connectivity index (χ0v) is 20.9. The third kappa shape index (κ3) is 5.30. The minimum Gasteiger partial charge on any atom is -0.380 e. The molecule has 2 heterocycles. The molecule has 182 valence electrons. The molecule has 10 heteroatoms. The van der Waals surface area contributed by atoms with E-state index >= 15 is 0 Å². The maximum Gasteiger partial charge on any atom is 0.252 e. The number of benzene rings is 2. The first-order valence-electron chi connectivity index (χ1n) is 11.3. The molecule has 1 amide bonds. The van der Waals surface area contributed by atoms with E-state index in [4.69, 9.17) is 4.74 Å². The summed E-state index contributed by atoms with van der Waals surface area (Å²) in [6, 6.07) is 11.2. The number of nitrogens with zero attached hydrogens (tertiary/aromatic N) is 3. The molecule has 1 aromatic heterocycles. The molecule has 1 fully saturated rings. The molecule has 0 saturated carbocycles. The number of halogens is 1.